The number of thiophene rings is 2. The van der Waals surface area contributed by atoms with E-state index in [1.807, 2.05) is 18.2 Å². The van der Waals surface area contributed by atoms with E-state index in [4.69, 9.17) is 4.74 Å². The normalized spacial score (nSPS) is 11.2. The molecule has 0 radical (unpaired) electrons. The van der Waals surface area contributed by atoms with Gasteiger partial charge in [0.2, 0.25) is 0 Å². The molecule has 3 rings (SSSR count). The van der Waals surface area contributed by atoms with Crippen molar-refractivity contribution >= 4 is 38.0 Å². The van der Waals surface area contributed by atoms with Gasteiger partial charge in [-0.1, -0.05) is 45.2 Å². The lowest BCUT2D eigenvalue weighted by atomic mass is 10.1. The Labute approximate surface area is 163 Å². The van der Waals surface area contributed by atoms with Gasteiger partial charge in [0.25, 0.3) is 0 Å². The zero-order valence-corrected chi connectivity index (χ0v) is 17.2. The Bertz CT molecular complexity index is 811. The van der Waals surface area contributed by atoms with Crippen LogP contribution < -0.4 is 4.74 Å². The summed E-state index contributed by atoms with van der Waals surface area (Å²) in [6.07, 6.45) is 8.34. The van der Waals surface area contributed by atoms with Crippen LogP contribution in [0.25, 0.3) is 9.40 Å². The van der Waals surface area contributed by atoms with Crippen molar-refractivity contribution in [3.63, 3.8) is 0 Å². The summed E-state index contributed by atoms with van der Waals surface area (Å²) in [4.78, 5) is 14.5. The fourth-order valence-corrected chi connectivity index (χ4v) is 5.26. The van der Waals surface area contributed by atoms with Crippen molar-refractivity contribution in [1.29, 1.82) is 0 Å². The van der Waals surface area contributed by atoms with Crippen LogP contribution in [0.2, 0.25) is 0 Å². The Balaban J connectivity index is 1.60. The molecule has 0 aliphatic carbocycles. The second-order valence-electron chi connectivity index (χ2n) is 6.65. The second-order valence-corrected chi connectivity index (χ2v) is 8.90. The number of unbranched alkanes of at least 4 members (excludes halogenated alkanes) is 3. The number of ether oxygens (including phenoxy) is 1. The Morgan fingerprint density at radius 3 is 2.31 bits per heavy atom. The molecule has 0 fully saturated rings. The van der Waals surface area contributed by atoms with Gasteiger partial charge in [0, 0.05) is 14.3 Å². The standard InChI is InChI=1S/C22H26O2S2/c1-3-5-7-8-16-10-12-17(13-11-16)24-22(23)21-15-20-19(26-21)14-18(25-20)9-6-4-2/h10-15H,3-9H2,1-2H3. The number of carbonyl (C=O) groups is 1. The first-order valence-electron chi connectivity index (χ1n) is 9.53. The van der Waals surface area contributed by atoms with Crippen LogP contribution in [0.1, 0.15) is 66.1 Å². The quantitative estimate of drug-likeness (QED) is 0.220. The second kappa shape index (κ2) is 9.33. The van der Waals surface area contributed by atoms with Gasteiger partial charge >= 0.3 is 5.97 Å². The SMILES string of the molecule is CCCCCc1ccc(OC(=O)c2cc3sc(CCCC)cc3s2)cc1. The summed E-state index contributed by atoms with van der Waals surface area (Å²) in [5.74, 6) is 0.363. The molecule has 0 atom stereocenters. The average molecular weight is 387 g/mol. The van der Waals surface area contributed by atoms with Crippen LogP contribution in [0, 0.1) is 0 Å². The van der Waals surface area contributed by atoms with Gasteiger partial charge in [-0.15, -0.1) is 22.7 Å². The Kier molecular flexibility index (Phi) is 6.86. The molecule has 26 heavy (non-hydrogen) atoms. The molecule has 138 valence electrons. The fraction of sp³-hybridized carbons (Fsp3) is 0.409. The lowest BCUT2D eigenvalue weighted by Gasteiger charge is -2.05. The van der Waals surface area contributed by atoms with Gasteiger partial charge in [-0.25, -0.2) is 4.79 Å². The first kappa shape index (κ1) is 19.1. The number of aryl methyl sites for hydroxylation is 2. The van der Waals surface area contributed by atoms with Crippen LogP contribution in [0.4, 0.5) is 0 Å². The smallest absolute Gasteiger partial charge is 0.353 e. The molecule has 0 aliphatic rings. The van der Waals surface area contributed by atoms with Crippen molar-refractivity contribution in [3.8, 4) is 5.75 Å². The molecule has 0 spiro atoms. The summed E-state index contributed by atoms with van der Waals surface area (Å²) in [5, 5.41) is 0. The van der Waals surface area contributed by atoms with E-state index in [-0.39, 0.29) is 5.97 Å². The Hall–Kier alpha value is -1.65. The topological polar surface area (TPSA) is 26.3 Å². The molecule has 0 amide bonds. The summed E-state index contributed by atoms with van der Waals surface area (Å²) < 4.78 is 7.94. The third kappa shape index (κ3) is 4.95. The highest BCUT2D eigenvalue weighted by atomic mass is 32.1. The molecular weight excluding hydrogens is 360 g/mol. The molecular formula is C22H26O2S2. The number of hydrogen-bond donors (Lipinski definition) is 0. The maximum Gasteiger partial charge on any atom is 0.353 e. The van der Waals surface area contributed by atoms with Gasteiger partial charge in [0.05, 0.1) is 0 Å². The van der Waals surface area contributed by atoms with E-state index in [2.05, 4.69) is 32.0 Å². The molecule has 4 heteroatoms. The van der Waals surface area contributed by atoms with Crippen LogP contribution in [-0.2, 0) is 12.8 Å². The molecule has 3 aromatic rings. The van der Waals surface area contributed by atoms with Crippen molar-refractivity contribution in [3.05, 3.63) is 51.7 Å². The van der Waals surface area contributed by atoms with Crippen molar-refractivity contribution < 1.29 is 9.53 Å². The van der Waals surface area contributed by atoms with Gasteiger partial charge in [-0.2, -0.15) is 0 Å². The van der Waals surface area contributed by atoms with Gasteiger partial charge in [-0.3, -0.25) is 0 Å². The third-order valence-corrected chi connectivity index (χ3v) is 6.77. The van der Waals surface area contributed by atoms with E-state index in [1.165, 1.54) is 63.3 Å². The van der Waals surface area contributed by atoms with Gasteiger partial charge in [-0.05, 0) is 55.5 Å². The lowest BCUT2D eigenvalue weighted by Crippen LogP contribution is -2.06. The van der Waals surface area contributed by atoms with Crippen molar-refractivity contribution in [2.45, 2.75) is 58.8 Å². The van der Waals surface area contributed by atoms with Crippen LogP contribution in [0.15, 0.2) is 36.4 Å². The first-order valence-corrected chi connectivity index (χ1v) is 11.2. The number of carbonyl (C=O) groups excluding carboxylic acids is 1. The molecule has 2 aromatic heterocycles. The monoisotopic (exact) mass is 386 g/mol. The molecule has 1 aromatic carbocycles. The van der Waals surface area contributed by atoms with E-state index in [9.17, 15) is 4.79 Å². The predicted octanol–water partition coefficient (Wildman–Crippen LogP) is 7.26. The summed E-state index contributed by atoms with van der Waals surface area (Å²) in [6, 6.07) is 12.1. The zero-order chi connectivity index (χ0) is 18.4. The van der Waals surface area contributed by atoms with Crippen LogP contribution in [-0.4, -0.2) is 5.97 Å². The summed E-state index contributed by atoms with van der Waals surface area (Å²) in [5.41, 5.74) is 1.30. The molecule has 0 aliphatic heterocycles. The minimum absolute atomic E-state index is 0.257. The minimum atomic E-state index is -0.257. The van der Waals surface area contributed by atoms with E-state index in [0.29, 0.717) is 10.6 Å². The van der Waals surface area contributed by atoms with Crippen molar-refractivity contribution in [2.75, 3.05) is 0 Å². The zero-order valence-electron chi connectivity index (χ0n) is 15.5. The highest BCUT2D eigenvalue weighted by Crippen LogP contribution is 2.34. The predicted molar refractivity (Wildman–Crippen MR) is 113 cm³/mol. The molecule has 0 saturated carbocycles. The number of fused-ring (bicyclic) bond motifs is 1. The molecule has 0 bridgehead atoms. The molecule has 2 heterocycles. The fourth-order valence-electron chi connectivity index (χ4n) is 2.92. The molecule has 0 N–H and O–H groups in total. The summed E-state index contributed by atoms with van der Waals surface area (Å²) in [7, 11) is 0. The van der Waals surface area contributed by atoms with Gasteiger partial charge in [0.1, 0.15) is 10.6 Å². The summed E-state index contributed by atoms with van der Waals surface area (Å²) >= 11 is 3.33. The maximum absolute atomic E-state index is 12.4. The van der Waals surface area contributed by atoms with Crippen LogP contribution in [0.5, 0.6) is 5.75 Å². The number of hydrogen-bond acceptors (Lipinski definition) is 4. The van der Waals surface area contributed by atoms with Gasteiger partial charge < -0.3 is 4.74 Å². The Morgan fingerprint density at radius 1 is 0.885 bits per heavy atom. The van der Waals surface area contributed by atoms with E-state index < -0.39 is 0 Å². The number of esters is 1. The van der Waals surface area contributed by atoms with Crippen molar-refractivity contribution in [2.24, 2.45) is 0 Å². The van der Waals surface area contributed by atoms with Gasteiger partial charge in [0.15, 0.2) is 0 Å². The van der Waals surface area contributed by atoms with Crippen LogP contribution >= 0.6 is 22.7 Å². The van der Waals surface area contributed by atoms with E-state index >= 15 is 0 Å². The largest absolute Gasteiger partial charge is 0.422 e. The van der Waals surface area contributed by atoms with E-state index in [1.54, 1.807) is 11.3 Å². The van der Waals surface area contributed by atoms with Crippen LogP contribution in [0.3, 0.4) is 0 Å². The molecule has 0 saturated heterocycles. The molecule has 0 unspecified atom stereocenters. The highest BCUT2D eigenvalue weighted by molar-refractivity contribution is 7.28. The average Bonchev–Trinajstić information content (AvgIpc) is 3.20. The maximum atomic E-state index is 12.4. The molecule has 2 nitrogen and oxygen atoms in total. The third-order valence-electron chi connectivity index (χ3n) is 4.44. The number of rotatable bonds is 9. The van der Waals surface area contributed by atoms with E-state index in [0.717, 1.165) is 12.8 Å². The number of benzene rings is 1. The highest BCUT2D eigenvalue weighted by Gasteiger charge is 2.15. The lowest BCUT2D eigenvalue weighted by molar-refractivity contribution is 0.0740. The first-order chi connectivity index (χ1) is 12.7. The Morgan fingerprint density at radius 2 is 1.62 bits per heavy atom. The minimum Gasteiger partial charge on any atom is -0.422 e. The summed E-state index contributed by atoms with van der Waals surface area (Å²) in [6.45, 7) is 4.42. The van der Waals surface area contributed by atoms with Crippen molar-refractivity contribution in [1.82, 2.24) is 0 Å².